The fourth-order valence-corrected chi connectivity index (χ4v) is 2.31. The molecule has 1 aromatic carbocycles. The van der Waals surface area contributed by atoms with Crippen LogP contribution in [0, 0.1) is 6.92 Å². The van der Waals surface area contributed by atoms with Gasteiger partial charge in [-0.25, -0.2) is 0 Å². The Morgan fingerprint density at radius 1 is 1.19 bits per heavy atom. The zero-order valence-corrected chi connectivity index (χ0v) is 9.54. The lowest BCUT2D eigenvalue weighted by atomic mass is 10.1. The third-order valence-electron chi connectivity index (χ3n) is 3.03. The number of nitrogens with one attached hydrogen (secondary N) is 1. The van der Waals surface area contributed by atoms with Gasteiger partial charge >= 0.3 is 0 Å². The van der Waals surface area contributed by atoms with Crippen molar-refractivity contribution in [2.45, 2.75) is 20.3 Å². The summed E-state index contributed by atoms with van der Waals surface area (Å²) in [5, 5.41) is 2.58. The van der Waals surface area contributed by atoms with Crippen LogP contribution in [0.1, 0.15) is 18.3 Å². The maximum atomic E-state index is 4.58. The number of pyridine rings is 1. The summed E-state index contributed by atoms with van der Waals surface area (Å²) < 4.78 is 0. The molecule has 16 heavy (non-hydrogen) atoms. The minimum Gasteiger partial charge on any atom is -0.353 e. The average Bonchev–Trinajstić information content (AvgIpc) is 2.67. The van der Waals surface area contributed by atoms with Crippen LogP contribution in [-0.2, 0) is 6.42 Å². The van der Waals surface area contributed by atoms with E-state index in [0.29, 0.717) is 0 Å². The monoisotopic (exact) mass is 210 g/mol. The predicted molar refractivity (Wildman–Crippen MR) is 67.7 cm³/mol. The number of hydrogen-bond acceptors (Lipinski definition) is 1. The van der Waals surface area contributed by atoms with Crippen molar-refractivity contribution in [3.05, 3.63) is 41.7 Å². The quantitative estimate of drug-likeness (QED) is 0.653. The summed E-state index contributed by atoms with van der Waals surface area (Å²) >= 11 is 0. The van der Waals surface area contributed by atoms with Crippen LogP contribution in [0.4, 0.5) is 0 Å². The molecule has 2 heteroatoms. The molecule has 0 saturated heterocycles. The normalized spacial score (nSPS) is 11.4. The minimum atomic E-state index is 0.963. The molecule has 2 heterocycles. The first-order valence-corrected chi connectivity index (χ1v) is 5.66. The van der Waals surface area contributed by atoms with E-state index in [-0.39, 0.29) is 0 Å². The molecule has 0 fully saturated rings. The van der Waals surface area contributed by atoms with Crippen molar-refractivity contribution < 1.29 is 0 Å². The molecule has 0 spiro atoms. The topological polar surface area (TPSA) is 28.7 Å². The van der Waals surface area contributed by atoms with E-state index in [0.717, 1.165) is 17.8 Å². The van der Waals surface area contributed by atoms with Gasteiger partial charge in [-0.05, 0) is 25.5 Å². The van der Waals surface area contributed by atoms with E-state index in [1.54, 1.807) is 0 Å². The molecule has 0 radical (unpaired) electrons. The summed E-state index contributed by atoms with van der Waals surface area (Å²) in [7, 11) is 0. The summed E-state index contributed by atoms with van der Waals surface area (Å²) in [6, 6.07) is 10.6. The highest BCUT2D eigenvalue weighted by molar-refractivity contribution is 6.07. The van der Waals surface area contributed by atoms with Crippen LogP contribution in [0.25, 0.3) is 21.8 Å². The number of benzene rings is 1. The molecule has 0 amide bonds. The second kappa shape index (κ2) is 3.34. The van der Waals surface area contributed by atoms with E-state index >= 15 is 0 Å². The molecular weight excluding hydrogens is 196 g/mol. The lowest BCUT2D eigenvalue weighted by Crippen LogP contribution is -1.91. The highest BCUT2D eigenvalue weighted by Crippen LogP contribution is 2.27. The molecule has 0 bridgehead atoms. The third kappa shape index (κ3) is 1.23. The lowest BCUT2D eigenvalue weighted by Gasteiger charge is -2.00. The molecule has 0 unspecified atom stereocenters. The van der Waals surface area contributed by atoms with Crippen molar-refractivity contribution in [3.8, 4) is 0 Å². The Labute approximate surface area is 94.3 Å². The average molecular weight is 210 g/mol. The van der Waals surface area contributed by atoms with Gasteiger partial charge < -0.3 is 4.98 Å². The Bertz CT molecular complexity index is 665. The molecule has 80 valence electrons. The second-order valence-corrected chi connectivity index (χ2v) is 4.16. The molecule has 0 saturated carbocycles. The van der Waals surface area contributed by atoms with E-state index in [4.69, 9.17) is 0 Å². The number of hydrogen-bond donors (Lipinski definition) is 1. The molecule has 0 aliphatic rings. The van der Waals surface area contributed by atoms with Crippen LogP contribution < -0.4 is 0 Å². The summed E-state index contributed by atoms with van der Waals surface area (Å²) in [6.07, 6.45) is 0.963. The first-order chi connectivity index (χ1) is 7.79. The van der Waals surface area contributed by atoms with Crippen LogP contribution in [-0.4, -0.2) is 9.97 Å². The minimum absolute atomic E-state index is 0.963. The van der Waals surface area contributed by atoms with Crippen molar-refractivity contribution >= 4 is 21.8 Å². The zero-order chi connectivity index (χ0) is 11.1. The number of fused-ring (bicyclic) bond motifs is 3. The zero-order valence-electron chi connectivity index (χ0n) is 9.54. The second-order valence-electron chi connectivity index (χ2n) is 4.16. The van der Waals surface area contributed by atoms with E-state index in [9.17, 15) is 0 Å². The van der Waals surface area contributed by atoms with Crippen LogP contribution >= 0.6 is 0 Å². The summed E-state index contributed by atoms with van der Waals surface area (Å²) in [6.45, 7) is 4.20. The fraction of sp³-hybridized carbons (Fsp3) is 0.214. The summed E-state index contributed by atoms with van der Waals surface area (Å²) in [5.41, 5.74) is 4.63. The van der Waals surface area contributed by atoms with Gasteiger partial charge in [-0.1, -0.05) is 25.1 Å². The van der Waals surface area contributed by atoms with E-state index < -0.39 is 0 Å². The van der Waals surface area contributed by atoms with Crippen LogP contribution in [0.2, 0.25) is 0 Å². The van der Waals surface area contributed by atoms with Crippen molar-refractivity contribution in [1.82, 2.24) is 9.97 Å². The Hall–Kier alpha value is -1.83. The molecule has 3 rings (SSSR count). The number of rotatable bonds is 1. The van der Waals surface area contributed by atoms with Gasteiger partial charge in [0.25, 0.3) is 0 Å². The van der Waals surface area contributed by atoms with E-state index in [1.807, 2.05) is 0 Å². The first kappa shape index (κ1) is 9.40. The Balaban J connectivity index is 2.54. The van der Waals surface area contributed by atoms with Gasteiger partial charge in [0, 0.05) is 22.0 Å². The van der Waals surface area contributed by atoms with Crippen LogP contribution in [0.5, 0.6) is 0 Å². The van der Waals surface area contributed by atoms with Gasteiger partial charge in [0.1, 0.15) is 0 Å². The molecule has 2 nitrogen and oxygen atoms in total. The summed E-state index contributed by atoms with van der Waals surface area (Å²) in [4.78, 5) is 8.05. The number of para-hydroxylation sites is 1. The number of aromatic amines is 1. The SMILES string of the molecule is CCc1nc(C)cc2c1[nH]c1ccccc12. The Kier molecular flexibility index (Phi) is 1.96. The van der Waals surface area contributed by atoms with Gasteiger partial charge in [0.15, 0.2) is 0 Å². The van der Waals surface area contributed by atoms with Gasteiger partial charge in [-0.15, -0.1) is 0 Å². The van der Waals surface area contributed by atoms with Crippen LogP contribution in [0.3, 0.4) is 0 Å². The Morgan fingerprint density at radius 3 is 2.81 bits per heavy atom. The fourth-order valence-electron chi connectivity index (χ4n) is 2.31. The van der Waals surface area contributed by atoms with Crippen molar-refractivity contribution in [2.75, 3.05) is 0 Å². The van der Waals surface area contributed by atoms with Crippen LogP contribution in [0.15, 0.2) is 30.3 Å². The highest BCUT2D eigenvalue weighted by Gasteiger charge is 2.08. The molecular formula is C14H14N2. The predicted octanol–water partition coefficient (Wildman–Crippen LogP) is 3.59. The molecule has 0 aliphatic heterocycles. The standard InChI is InChI=1S/C14H14N2/c1-3-12-14-11(8-9(2)15-12)10-6-4-5-7-13(10)16-14/h4-8,16H,3H2,1-2H3. The Morgan fingerprint density at radius 2 is 2.00 bits per heavy atom. The van der Waals surface area contributed by atoms with Crippen molar-refractivity contribution in [2.24, 2.45) is 0 Å². The van der Waals surface area contributed by atoms with Gasteiger partial charge in [-0.3, -0.25) is 4.98 Å². The number of H-pyrrole nitrogens is 1. The third-order valence-corrected chi connectivity index (χ3v) is 3.03. The number of aryl methyl sites for hydroxylation is 2. The van der Waals surface area contributed by atoms with Crippen molar-refractivity contribution in [3.63, 3.8) is 0 Å². The van der Waals surface area contributed by atoms with Gasteiger partial charge in [0.2, 0.25) is 0 Å². The molecule has 3 aromatic rings. The number of aromatic nitrogens is 2. The first-order valence-electron chi connectivity index (χ1n) is 5.66. The molecule has 0 aliphatic carbocycles. The lowest BCUT2D eigenvalue weighted by molar-refractivity contribution is 1.02. The molecule has 1 N–H and O–H groups in total. The molecule has 2 aromatic heterocycles. The van der Waals surface area contributed by atoms with Crippen molar-refractivity contribution in [1.29, 1.82) is 0 Å². The van der Waals surface area contributed by atoms with Gasteiger partial charge in [0.05, 0.1) is 11.2 Å². The van der Waals surface area contributed by atoms with E-state index in [1.165, 1.54) is 21.8 Å². The maximum Gasteiger partial charge on any atom is 0.0684 e. The highest BCUT2D eigenvalue weighted by atomic mass is 14.8. The smallest absolute Gasteiger partial charge is 0.0684 e. The van der Waals surface area contributed by atoms with E-state index in [2.05, 4.69) is 54.1 Å². The molecule has 0 atom stereocenters. The van der Waals surface area contributed by atoms with Gasteiger partial charge in [-0.2, -0.15) is 0 Å². The maximum absolute atomic E-state index is 4.58. The summed E-state index contributed by atoms with van der Waals surface area (Å²) in [5.74, 6) is 0. The number of nitrogens with zero attached hydrogens (tertiary/aromatic N) is 1. The largest absolute Gasteiger partial charge is 0.353 e.